The normalized spacial score (nSPS) is 20.1. The molecule has 11 heteroatoms. The van der Waals surface area contributed by atoms with Crippen molar-refractivity contribution in [1.82, 2.24) is 15.0 Å². The number of benzene rings is 1. The van der Waals surface area contributed by atoms with E-state index in [1.54, 1.807) is 26.5 Å². The van der Waals surface area contributed by atoms with Gasteiger partial charge in [-0.2, -0.15) is 0 Å². The maximum Gasteiger partial charge on any atom is 0.223 e. The minimum Gasteiger partial charge on any atom is -0.495 e. The van der Waals surface area contributed by atoms with Crippen LogP contribution in [0.4, 0.5) is 11.8 Å². The lowest BCUT2D eigenvalue weighted by Crippen LogP contribution is -2.30. The van der Waals surface area contributed by atoms with Crippen molar-refractivity contribution in [3.63, 3.8) is 0 Å². The van der Waals surface area contributed by atoms with Gasteiger partial charge < -0.3 is 29.6 Å². The first kappa shape index (κ1) is 24.1. The van der Waals surface area contributed by atoms with Crippen LogP contribution < -0.4 is 20.1 Å². The van der Waals surface area contributed by atoms with Crippen molar-refractivity contribution in [1.29, 1.82) is 0 Å². The summed E-state index contributed by atoms with van der Waals surface area (Å²) in [6.45, 7) is 2.72. The molecule has 186 valence electrons. The van der Waals surface area contributed by atoms with E-state index in [1.165, 1.54) is 0 Å². The van der Waals surface area contributed by atoms with Crippen LogP contribution in [-0.4, -0.2) is 67.7 Å². The van der Waals surface area contributed by atoms with Crippen LogP contribution in [0.5, 0.6) is 11.5 Å². The molecule has 2 aliphatic heterocycles. The summed E-state index contributed by atoms with van der Waals surface area (Å²) in [6, 6.07) is 3.81. The molecule has 2 fully saturated rings. The quantitative estimate of drug-likeness (QED) is 0.455. The van der Waals surface area contributed by atoms with Gasteiger partial charge in [-0.1, -0.05) is 23.2 Å². The van der Waals surface area contributed by atoms with Crippen LogP contribution in [0.2, 0.25) is 10.0 Å². The molecule has 0 saturated carbocycles. The Kier molecular flexibility index (Phi) is 7.29. The van der Waals surface area contributed by atoms with E-state index >= 15 is 0 Å². The first-order chi connectivity index (χ1) is 17.1. The van der Waals surface area contributed by atoms with E-state index in [-0.39, 0.29) is 12.1 Å². The number of methoxy groups -OCH3 is 2. The van der Waals surface area contributed by atoms with Crippen molar-refractivity contribution >= 4 is 45.9 Å². The Morgan fingerprint density at radius 2 is 1.63 bits per heavy atom. The van der Waals surface area contributed by atoms with Gasteiger partial charge >= 0.3 is 0 Å². The summed E-state index contributed by atoms with van der Waals surface area (Å²) >= 11 is 13.4. The van der Waals surface area contributed by atoms with Crippen molar-refractivity contribution < 1.29 is 18.9 Å². The van der Waals surface area contributed by atoms with Crippen molar-refractivity contribution in [2.75, 3.05) is 51.3 Å². The SMILES string of the molecule is COc1cc(OC)c(Cl)c(-c2cc3cnc(NC4CCCOC4)nc3c(NC3CCOC3)n2)c1Cl. The van der Waals surface area contributed by atoms with Crippen LogP contribution in [0.1, 0.15) is 19.3 Å². The summed E-state index contributed by atoms with van der Waals surface area (Å²) in [5.41, 5.74) is 1.76. The summed E-state index contributed by atoms with van der Waals surface area (Å²) < 4.78 is 22.0. The number of nitrogens with one attached hydrogen (secondary N) is 2. The number of hydrogen-bond donors (Lipinski definition) is 2. The predicted molar refractivity (Wildman–Crippen MR) is 136 cm³/mol. The highest BCUT2D eigenvalue weighted by atomic mass is 35.5. The number of hydrogen-bond acceptors (Lipinski definition) is 9. The topological polar surface area (TPSA) is 99.7 Å². The van der Waals surface area contributed by atoms with E-state index in [0.29, 0.717) is 69.9 Å². The summed E-state index contributed by atoms with van der Waals surface area (Å²) in [6.07, 6.45) is 4.67. The fraction of sp³-hybridized carbons (Fsp3) is 0.458. The Balaban J connectivity index is 1.61. The Hall–Kier alpha value is -2.59. The minimum atomic E-state index is 0.116. The van der Waals surface area contributed by atoms with E-state index in [2.05, 4.69) is 15.6 Å². The molecule has 1 aromatic carbocycles. The Morgan fingerprint density at radius 3 is 2.29 bits per heavy atom. The molecule has 5 rings (SSSR count). The minimum absolute atomic E-state index is 0.116. The van der Waals surface area contributed by atoms with Gasteiger partial charge in [0.25, 0.3) is 0 Å². The largest absolute Gasteiger partial charge is 0.495 e. The molecule has 0 bridgehead atoms. The number of rotatable bonds is 7. The number of halogens is 2. The molecule has 9 nitrogen and oxygen atoms in total. The summed E-state index contributed by atoms with van der Waals surface area (Å²) in [5.74, 6) is 2.02. The molecule has 2 atom stereocenters. The molecule has 35 heavy (non-hydrogen) atoms. The lowest BCUT2D eigenvalue weighted by Gasteiger charge is -2.23. The molecule has 2 unspecified atom stereocenters. The van der Waals surface area contributed by atoms with Crippen LogP contribution in [0.25, 0.3) is 22.2 Å². The second-order valence-electron chi connectivity index (χ2n) is 8.53. The lowest BCUT2D eigenvalue weighted by molar-refractivity contribution is 0.0874. The van der Waals surface area contributed by atoms with Crippen LogP contribution in [0, 0.1) is 0 Å². The maximum absolute atomic E-state index is 6.69. The van der Waals surface area contributed by atoms with Gasteiger partial charge in [-0.3, -0.25) is 0 Å². The molecule has 3 aromatic rings. The molecule has 0 radical (unpaired) electrons. The summed E-state index contributed by atoms with van der Waals surface area (Å²) in [7, 11) is 3.08. The highest BCUT2D eigenvalue weighted by molar-refractivity contribution is 6.41. The number of nitrogens with zero attached hydrogens (tertiary/aromatic N) is 3. The standard InChI is InChI=1S/C24H27Cl2N5O4/c1-32-17-9-18(33-2)21(26)19(20(17)25)16-8-13-10-27-24(29-14-4-3-6-34-11-14)31-22(13)23(30-16)28-15-5-7-35-12-15/h8-10,14-15H,3-7,11-12H2,1-2H3,(H,28,30)(H,27,29,31). The maximum atomic E-state index is 6.69. The first-order valence-electron chi connectivity index (χ1n) is 11.5. The molecule has 0 spiro atoms. The highest BCUT2D eigenvalue weighted by Gasteiger charge is 2.24. The van der Waals surface area contributed by atoms with Crippen LogP contribution in [0.15, 0.2) is 18.3 Å². The van der Waals surface area contributed by atoms with Crippen molar-refractivity contribution in [3.05, 3.63) is 28.4 Å². The molecule has 0 amide bonds. The van der Waals surface area contributed by atoms with Gasteiger partial charge in [-0.15, -0.1) is 0 Å². The average molecular weight is 520 g/mol. The van der Waals surface area contributed by atoms with Gasteiger partial charge in [-0.05, 0) is 25.3 Å². The highest BCUT2D eigenvalue weighted by Crippen LogP contribution is 2.46. The zero-order valence-electron chi connectivity index (χ0n) is 19.6. The number of aromatic nitrogens is 3. The predicted octanol–water partition coefficient (Wildman–Crippen LogP) is 4.81. The van der Waals surface area contributed by atoms with E-state index in [4.69, 9.17) is 52.1 Å². The van der Waals surface area contributed by atoms with Gasteiger partial charge in [0.2, 0.25) is 5.95 Å². The number of ether oxygens (including phenoxy) is 4. The molecular weight excluding hydrogens is 493 g/mol. The van der Waals surface area contributed by atoms with E-state index < -0.39 is 0 Å². The molecule has 2 aromatic heterocycles. The Bertz CT molecular complexity index is 1190. The second kappa shape index (κ2) is 10.6. The van der Waals surface area contributed by atoms with Gasteiger partial charge in [-0.25, -0.2) is 15.0 Å². The van der Waals surface area contributed by atoms with E-state index in [0.717, 1.165) is 31.3 Å². The van der Waals surface area contributed by atoms with Gasteiger partial charge in [0.05, 0.1) is 55.3 Å². The molecule has 2 saturated heterocycles. The van der Waals surface area contributed by atoms with Crippen LogP contribution in [0.3, 0.4) is 0 Å². The van der Waals surface area contributed by atoms with Crippen LogP contribution >= 0.6 is 23.2 Å². The average Bonchev–Trinajstić information content (AvgIpc) is 3.38. The van der Waals surface area contributed by atoms with Crippen LogP contribution in [-0.2, 0) is 9.47 Å². The number of fused-ring (bicyclic) bond motifs is 1. The summed E-state index contributed by atoms with van der Waals surface area (Å²) in [4.78, 5) is 14.3. The Morgan fingerprint density at radius 1 is 0.914 bits per heavy atom. The smallest absolute Gasteiger partial charge is 0.223 e. The third kappa shape index (κ3) is 5.04. The van der Waals surface area contributed by atoms with Crippen molar-refractivity contribution in [3.8, 4) is 22.8 Å². The number of anilines is 2. The van der Waals surface area contributed by atoms with Gasteiger partial charge in [0.15, 0.2) is 5.82 Å². The van der Waals surface area contributed by atoms with Gasteiger partial charge in [0.1, 0.15) is 17.0 Å². The Labute approximate surface area is 213 Å². The fourth-order valence-corrected chi connectivity index (χ4v) is 5.02. The monoisotopic (exact) mass is 519 g/mol. The molecule has 0 aliphatic carbocycles. The first-order valence-corrected chi connectivity index (χ1v) is 12.3. The molecule has 2 N–H and O–H groups in total. The third-order valence-electron chi connectivity index (χ3n) is 6.16. The second-order valence-corrected chi connectivity index (χ2v) is 9.29. The summed E-state index contributed by atoms with van der Waals surface area (Å²) in [5, 5.41) is 8.36. The molecule has 2 aliphatic rings. The fourth-order valence-electron chi connectivity index (χ4n) is 4.33. The number of pyridine rings is 1. The van der Waals surface area contributed by atoms with E-state index in [1.807, 2.05) is 6.07 Å². The molecule has 4 heterocycles. The lowest BCUT2D eigenvalue weighted by atomic mass is 10.1. The zero-order chi connectivity index (χ0) is 24.4. The molecular formula is C24H27Cl2N5O4. The zero-order valence-corrected chi connectivity index (χ0v) is 21.1. The van der Waals surface area contributed by atoms with E-state index in [9.17, 15) is 0 Å². The van der Waals surface area contributed by atoms with Crippen molar-refractivity contribution in [2.24, 2.45) is 0 Å². The van der Waals surface area contributed by atoms with Crippen molar-refractivity contribution in [2.45, 2.75) is 31.3 Å². The third-order valence-corrected chi connectivity index (χ3v) is 6.91. The van der Waals surface area contributed by atoms with Gasteiger partial charge in [0, 0.05) is 36.4 Å².